The van der Waals surface area contributed by atoms with Crippen molar-refractivity contribution in [3.8, 4) is 0 Å². The summed E-state index contributed by atoms with van der Waals surface area (Å²) in [5.74, 6) is 0. The molecule has 0 aliphatic rings. The zero-order chi connectivity index (χ0) is 24.8. The molecule has 1 atom stereocenters. The van der Waals surface area contributed by atoms with Crippen LogP contribution >= 0.6 is 0 Å². The van der Waals surface area contributed by atoms with Crippen LogP contribution < -0.4 is 0 Å². The van der Waals surface area contributed by atoms with Crippen LogP contribution in [0.2, 0.25) is 39.3 Å². The Morgan fingerprint density at radius 2 is 0.788 bits per heavy atom. The van der Waals surface area contributed by atoms with E-state index in [1.165, 1.54) is 128 Å². The van der Waals surface area contributed by atoms with E-state index in [2.05, 4.69) is 46.2 Å². The molecule has 200 valence electrons. The van der Waals surface area contributed by atoms with Gasteiger partial charge in [0, 0.05) is 0 Å². The van der Waals surface area contributed by atoms with Gasteiger partial charge in [-0.2, -0.15) is 0 Å². The van der Waals surface area contributed by atoms with Gasteiger partial charge in [-0.1, -0.05) is 129 Å². The second kappa shape index (κ2) is 21.6. The Hall–Kier alpha value is 0.354. The van der Waals surface area contributed by atoms with Gasteiger partial charge in [0.2, 0.25) is 0 Å². The third-order valence-corrected chi connectivity index (χ3v) is 8.43. The van der Waals surface area contributed by atoms with Gasteiger partial charge in [0.15, 0.2) is 16.6 Å². The van der Waals surface area contributed by atoms with E-state index in [1.54, 1.807) is 0 Å². The first-order chi connectivity index (χ1) is 15.6. The molecule has 0 bridgehead atoms. The van der Waals surface area contributed by atoms with Crippen LogP contribution in [0, 0.1) is 0 Å². The average Bonchev–Trinajstić information content (AvgIpc) is 2.72. The maximum Gasteiger partial charge on any atom is 0.184 e. The van der Waals surface area contributed by atoms with Crippen molar-refractivity contribution in [3.63, 3.8) is 0 Å². The van der Waals surface area contributed by atoms with E-state index in [4.69, 9.17) is 8.85 Å². The lowest BCUT2D eigenvalue weighted by Crippen LogP contribution is -2.38. The summed E-state index contributed by atoms with van der Waals surface area (Å²) < 4.78 is 12.6. The first-order valence-electron chi connectivity index (χ1n) is 15.0. The van der Waals surface area contributed by atoms with E-state index >= 15 is 0 Å². The maximum atomic E-state index is 6.41. The fourth-order valence-corrected chi connectivity index (χ4v) is 6.34. The smallest absolute Gasteiger partial charge is 0.184 e. The zero-order valence-electron chi connectivity index (χ0n) is 24.2. The molecule has 0 aliphatic carbocycles. The van der Waals surface area contributed by atoms with Gasteiger partial charge in [-0.3, -0.25) is 0 Å². The molecule has 0 rings (SSSR count). The molecule has 0 amide bonds. The molecule has 0 aromatic heterocycles. The third kappa shape index (κ3) is 28.5. The third-order valence-electron chi connectivity index (χ3n) is 6.35. The number of rotatable bonds is 25. The van der Waals surface area contributed by atoms with Gasteiger partial charge in [-0.25, -0.2) is 0 Å². The summed E-state index contributed by atoms with van der Waals surface area (Å²) in [5.41, 5.74) is 0. The highest BCUT2D eigenvalue weighted by Crippen LogP contribution is 2.18. The monoisotopic (exact) mass is 500 g/mol. The lowest BCUT2D eigenvalue weighted by molar-refractivity contribution is 0.109. The minimum atomic E-state index is -1.50. The van der Waals surface area contributed by atoms with Crippen molar-refractivity contribution in [3.05, 3.63) is 0 Å². The molecule has 4 heteroatoms. The molecular weight excluding hydrogens is 436 g/mol. The van der Waals surface area contributed by atoms with E-state index in [0.29, 0.717) is 6.10 Å². The van der Waals surface area contributed by atoms with Crippen molar-refractivity contribution in [2.75, 3.05) is 6.61 Å². The highest BCUT2D eigenvalue weighted by Gasteiger charge is 2.23. The van der Waals surface area contributed by atoms with Crippen LogP contribution in [-0.2, 0) is 8.85 Å². The lowest BCUT2D eigenvalue weighted by atomic mass is 10.0. The average molecular weight is 501 g/mol. The second-order valence-corrected chi connectivity index (χ2v) is 21.4. The largest absolute Gasteiger partial charge is 0.415 e. The Morgan fingerprint density at radius 3 is 1.09 bits per heavy atom. The number of hydrogen-bond donors (Lipinski definition) is 0. The van der Waals surface area contributed by atoms with Crippen LogP contribution in [0.3, 0.4) is 0 Å². The van der Waals surface area contributed by atoms with Crippen molar-refractivity contribution in [2.24, 2.45) is 0 Å². The first-order valence-corrected chi connectivity index (χ1v) is 21.8. The fraction of sp³-hybridized carbons (Fsp3) is 1.00. The molecule has 33 heavy (non-hydrogen) atoms. The molecule has 2 nitrogen and oxygen atoms in total. The van der Waals surface area contributed by atoms with Crippen LogP contribution in [0.1, 0.15) is 135 Å². The Kier molecular flexibility index (Phi) is 21.9. The minimum absolute atomic E-state index is 0.314. The predicted octanol–water partition coefficient (Wildman–Crippen LogP) is 10.9. The summed E-state index contributed by atoms with van der Waals surface area (Å²) in [6, 6.07) is 0. The molecule has 0 fully saturated rings. The maximum absolute atomic E-state index is 6.41. The molecular formula is C29H64O2Si2. The molecule has 0 saturated heterocycles. The van der Waals surface area contributed by atoms with Crippen molar-refractivity contribution in [1.82, 2.24) is 0 Å². The van der Waals surface area contributed by atoms with Crippen molar-refractivity contribution < 1.29 is 8.85 Å². The van der Waals surface area contributed by atoms with Crippen molar-refractivity contribution in [1.29, 1.82) is 0 Å². The summed E-state index contributed by atoms with van der Waals surface area (Å²) in [7, 11) is -2.95. The van der Waals surface area contributed by atoms with E-state index in [1.807, 2.05) is 0 Å². The number of unbranched alkanes of at least 4 members (excludes halogenated alkanes) is 18. The summed E-state index contributed by atoms with van der Waals surface area (Å²) in [6.45, 7) is 16.8. The van der Waals surface area contributed by atoms with Crippen molar-refractivity contribution in [2.45, 2.75) is 181 Å². The highest BCUT2D eigenvalue weighted by atomic mass is 28.4. The normalized spacial score (nSPS) is 13.5. The highest BCUT2D eigenvalue weighted by molar-refractivity contribution is 6.70. The predicted molar refractivity (Wildman–Crippen MR) is 156 cm³/mol. The molecule has 0 aromatic rings. The van der Waals surface area contributed by atoms with Gasteiger partial charge in [0.25, 0.3) is 0 Å². The summed E-state index contributed by atoms with van der Waals surface area (Å²) in [4.78, 5) is 0. The van der Waals surface area contributed by atoms with E-state index in [-0.39, 0.29) is 0 Å². The quantitative estimate of drug-likeness (QED) is 0.0916. The van der Waals surface area contributed by atoms with Gasteiger partial charge in [0.05, 0.1) is 12.7 Å². The van der Waals surface area contributed by atoms with Gasteiger partial charge >= 0.3 is 0 Å². The second-order valence-electron chi connectivity index (χ2n) is 12.4. The molecule has 0 radical (unpaired) electrons. The Bertz CT molecular complexity index is 401. The number of hydrogen-bond acceptors (Lipinski definition) is 2. The topological polar surface area (TPSA) is 18.5 Å². The van der Waals surface area contributed by atoms with E-state index < -0.39 is 16.6 Å². The van der Waals surface area contributed by atoms with Crippen LogP contribution in [0.5, 0.6) is 0 Å². The summed E-state index contributed by atoms with van der Waals surface area (Å²) >= 11 is 0. The van der Waals surface area contributed by atoms with Gasteiger partial charge < -0.3 is 8.85 Å². The molecule has 0 aromatic carbocycles. The standard InChI is InChI=1S/C29H64O2Si2/c1-8-9-10-11-12-13-14-15-16-17-18-19-20-21-22-23-24-25-26-27-29(31-33(5,6)7)28-30-32(2,3)4/h29H,8-28H2,1-7H3. The Balaban J connectivity index is 3.46. The van der Waals surface area contributed by atoms with Gasteiger partial charge in [-0.15, -0.1) is 0 Å². The summed E-state index contributed by atoms with van der Waals surface area (Å²) in [5, 5.41) is 0. The Labute approximate surface area is 212 Å². The van der Waals surface area contributed by atoms with Gasteiger partial charge in [0.1, 0.15) is 0 Å². The minimum Gasteiger partial charge on any atom is -0.415 e. The molecule has 0 spiro atoms. The zero-order valence-corrected chi connectivity index (χ0v) is 26.2. The molecule has 1 unspecified atom stereocenters. The fourth-order valence-electron chi connectivity index (χ4n) is 4.47. The van der Waals surface area contributed by atoms with Crippen LogP contribution in [-0.4, -0.2) is 29.3 Å². The van der Waals surface area contributed by atoms with Gasteiger partial charge in [-0.05, 0) is 45.7 Å². The van der Waals surface area contributed by atoms with E-state index in [9.17, 15) is 0 Å². The van der Waals surface area contributed by atoms with Crippen molar-refractivity contribution >= 4 is 16.6 Å². The summed E-state index contributed by atoms with van der Waals surface area (Å²) in [6.07, 6.45) is 28.8. The molecule has 0 saturated carbocycles. The van der Waals surface area contributed by atoms with Crippen LogP contribution in [0.25, 0.3) is 0 Å². The van der Waals surface area contributed by atoms with E-state index in [0.717, 1.165) is 6.61 Å². The molecule has 0 aliphatic heterocycles. The SMILES string of the molecule is CCCCCCCCCCCCCCCCCCCCCC(CO[Si](C)(C)C)O[Si](C)(C)C. The van der Waals surface area contributed by atoms with Crippen LogP contribution in [0.4, 0.5) is 0 Å². The molecule has 0 N–H and O–H groups in total. The van der Waals surface area contributed by atoms with Crippen LogP contribution in [0.15, 0.2) is 0 Å². The lowest BCUT2D eigenvalue weighted by Gasteiger charge is -2.29. The first kappa shape index (κ1) is 33.4. The molecule has 0 heterocycles. The Morgan fingerprint density at radius 1 is 0.455 bits per heavy atom.